The minimum absolute atomic E-state index is 0.0952. The zero-order valence-corrected chi connectivity index (χ0v) is 14.7. The van der Waals surface area contributed by atoms with E-state index in [-0.39, 0.29) is 31.3 Å². The molecule has 1 aliphatic rings. The van der Waals surface area contributed by atoms with Crippen LogP contribution < -0.4 is 4.90 Å². The van der Waals surface area contributed by atoms with Crippen molar-refractivity contribution in [3.8, 4) is 0 Å². The molecule has 134 valence electrons. The number of nitrogens with zero attached hydrogens (tertiary/aromatic N) is 1. The van der Waals surface area contributed by atoms with Crippen LogP contribution in [0.15, 0.2) is 54.6 Å². The Kier molecular flexibility index (Phi) is 5.46. The molecule has 1 fully saturated rings. The van der Waals surface area contributed by atoms with E-state index in [1.165, 1.54) is 0 Å². The van der Waals surface area contributed by atoms with Crippen molar-refractivity contribution in [1.82, 2.24) is 0 Å². The lowest BCUT2D eigenvalue weighted by molar-refractivity contribution is -0.147. The zero-order valence-electron chi connectivity index (χ0n) is 14.7. The molecule has 1 amide bonds. The average Bonchev–Trinajstić information content (AvgIpc) is 3.08. The lowest BCUT2D eigenvalue weighted by atomic mass is 10.1. The SMILES string of the molecule is CCc1ccccc1N1C[C@H](C(=O)OCC(=O)c2ccccc2)CC1=O. The molecule has 0 bridgehead atoms. The number of hydrogen-bond donors (Lipinski definition) is 0. The summed E-state index contributed by atoms with van der Waals surface area (Å²) < 4.78 is 5.16. The van der Waals surface area contributed by atoms with Gasteiger partial charge in [0.1, 0.15) is 0 Å². The summed E-state index contributed by atoms with van der Waals surface area (Å²) in [5.41, 5.74) is 2.41. The van der Waals surface area contributed by atoms with E-state index in [2.05, 4.69) is 0 Å². The Labute approximate surface area is 152 Å². The highest BCUT2D eigenvalue weighted by Gasteiger charge is 2.37. The first-order valence-electron chi connectivity index (χ1n) is 8.73. The third-order valence-electron chi connectivity index (χ3n) is 4.56. The van der Waals surface area contributed by atoms with E-state index in [1.54, 1.807) is 29.2 Å². The number of hydrogen-bond acceptors (Lipinski definition) is 4. The van der Waals surface area contributed by atoms with E-state index in [4.69, 9.17) is 4.74 Å². The largest absolute Gasteiger partial charge is 0.457 e. The maximum Gasteiger partial charge on any atom is 0.311 e. The van der Waals surface area contributed by atoms with Crippen molar-refractivity contribution in [2.45, 2.75) is 19.8 Å². The molecule has 0 aliphatic carbocycles. The molecule has 0 saturated carbocycles. The molecular formula is C21H21NO4. The molecule has 26 heavy (non-hydrogen) atoms. The highest BCUT2D eigenvalue weighted by atomic mass is 16.5. The Morgan fingerprint density at radius 2 is 1.77 bits per heavy atom. The summed E-state index contributed by atoms with van der Waals surface area (Å²) >= 11 is 0. The molecule has 5 nitrogen and oxygen atoms in total. The molecule has 5 heteroatoms. The van der Waals surface area contributed by atoms with Crippen molar-refractivity contribution in [3.63, 3.8) is 0 Å². The fourth-order valence-corrected chi connectivity index (χ4v) is 3.13. The van der Waals surface area contributed by atoms with Crippen molar-refractivity contribution in [2.75, 3.05) is 18.1 Å². The van der Waals surface area contributed by atoms with Gasteiger partial charge in [0.2, 0.25) is 5.91 Å². The topological polar surface area (TPSA) is 63.7 Å². The number of anilines is 1. The van der Waals surface area contributed by atoms with Gasteiger partial charge in [-0.1, -0.05) is 55.5 Å². The number of carbonyl (C=O) groups is 3. The van der Waals surface area contributed by atoms with Crippen molar-refractivity contribution >= 4 is 23.3 Å². The van der Waals surface area contributed by atoms with E-state index in [0.29, 0.717) is 5.56 Å². The predicted octanol–water partition coefficient (Wildman–Crippen LogP) is 3.03. The minimum atomic E-state index is -0.545. The summed E-state index contributed by atoms with van der Waals surface area (Å²) in [7, 11) is 0. The number of ether oxygens (including phenoxy) is 1. The van der Waals surface area contributed by atoms with Gasteiger partial charge < -0.3 is 9.64 Å². The summed E-state index contributed by atoms with van der Waals surface area (Å²) in [6.45, 7) is 2.01. The molecule has 2 aromatic carbocycles. The van der Waals surface area contributed by atoms with Crippen LogP contribution in [0.2, 0.25) is 0 Å². The fourth-order valence-electron chi connectivity index (χ4n) is 3.13. The number of aryl methyl sites for hydroxylation is 1. The quantitative estimate of drug-likeness (QED) is 0.593. The van der Waals surface area contributed by atoms with Crippen LogP contribution >= 0.6 is 0 Å². The van der Waals surface area contributed by atoms with Crippen LogP contribution in [0.4, 0.5) is 5.69 Å². The van der Waals surface area contributed by atoms with E-state index in [1.807, 2.05) is 37.3 Å². The van der Waals surface area contributed by atoms with Gasteiger partial charge in [-0.25, -0.2) is 0 Å². The number of rotatable bonds is 6. The maximum absolute atomic E-state index is 12.4. The van der Waals surface area contributed by atoms with Crippen LogP contribution in [0, 0.1) is 5.92 Å². The minimum Gasteiger partial charge on any atom is -0.457 e. The monoisotopic (exact) mass is 351 g/mol. The van der Waals surface area contributed by atoms with E-state index in [9.17, 15) is 14.4 Å². The Morgan fingerprint density at radius 3 is 2.50 bits per heavy atom. The van der Waals surface area contributed by atoms with Crippen molar-refractivity contribution in [1.29, 1.82) is 0 Å². The Hall–Kier alpha value is -2.95. The first kappa shape index (κ1) is 17.9. The Balaban J connectivity index is 1.61. The lowest BCUT2D eigenvalue weighted by Crippen LogP contribution is -2.28. The molecule has 3 rings (SSSR count). The van der Waals surface area contributed by atoms with Gasteiger partial charge in [-0.3, -0.25) is 14.4 Å². The normalized spacial score (nSPS) is 16.6. The molecular weight excluding hydrogens is 330 g/mol. The van der Waals surface area contributed by atoms with E-state index < -0.39 is 11.9 Å². The molecule has 0 aromatic heterocycles. The van der Waals surface area contributed by atoms with Crippen LogP contribution in [0.25, 0.3) is 0 Å². The van der Waals surface area contributed by atoms with Crippen LogP contribution in [0.5, 0.6) is 0 Å². The highest BCUT2D eigenvalue weighted by Crippen LogP contribution is 2.29. The van der Waals surface area contributed by atoms with Crippen LogP contribution in [0.1, 0.15) is 29.3 Å². The molecule has 0 spiro atoms. The van der Waals surface area contributed by atoms with Crippen molar-refractivity contribution in [3.05, 3.63) is 65.7 Å². The summed E-state index contributed by atoms with van der Waals surface area (Å²) in [6, 6.07) is 16.4. The average molecular weight is 351 g/mol. The van der Waals surface area contributed by atoms with Crippen LogP contribution in [-0.2, 0) is 20.7 Å². The van der Waals surface area contributed by atoms with Crippen LogP contribution in [0.3, 0.4) is 0 Å². The van der Waals surface area contributed by atoms with Gasteiger partial charge in [0.05, 0.1) is 5.92 Å². The van der Waals surface area contributed by atoms with Gasteiger partial charge >= 0.3 is 5.97 Å². The van der Waals surface area contributed by atoms with E-state index in [0.717, 1.165) is 17.7 Å². The number of benzene rings is 2. The van der Waals surface area contributed by atoms with Gasteiger partial charge in [0.25, 0.3) is 0 Å². The predicted molar refractivity (Wildman–Crippen MR) is 98.0 cm³/mol. The number of amides is 1. The second-order valence-electron chi connectivity index (χ2n) is 6.28. The molecule has 1 saturated heterocycles. The molecule has 1 aliphatic heterocycles. The second kappa shape index (κ2) is 7.95. The molecule has 2 aromatic rings. The van der Waals surface area contributed by atoms with Gasteiger partial charge in [-0.2, -0.15) is 0 Å². The maximum atomic E-state index is 12.4. The van der Waals surface area contributed by atoms with Crippen molar-refractivity contribution < 1.29 is 19.1 Å². The first-order chi connectivity index (χ1) is 12.6. The molecule has 0 N–H and O–H groups in total. The van der Waals surface area contributed by atoms with Gasteiger partial charge in [-0.15, -0.1) is 0 Å². The lowest BCUT2D eigenvalue weighted by Gasteiger charge is -2.19. The number of ketones is 1. The molecule has 1 heterocycles. The number of para-hydroxylation sites is 1. The zero-order chi connectivity index (χ0) is 18.5. The van der Waals surface area contributed by atoms with Gasteiger partial charge in [-0.05, 0) is 18.1 Å². The molecule has 0 unspecified atom stereocenters. The van der Waals surface area contributed by atoms with E-state index >= 15 is 0 Å². The summed E-state index contributed by atoms with van der Waals surface area (Å²) in [5.74, 6) is -1.39. The van der Waals surface area contributed by atoms with Gasteiger partial charge in [0.15, 0.2) is 12.4 Å². The van der Waals surface area contributed by atoms with Crippen molar-refractivity contribution in [2.24, 2.45) is 5.92 Å². The number of esters is 1. The fraction of sp³-hybridized carbons (Fsp3) is 0.286. The standard InChI is InChI=1S/C21H21NO4/c1-2-15-8-6-7-11-18(15)22-13-17(12-20(22)24)21(25)26-14-19(23)16-9-4-3-5-10-16/h3-11,17H,2,12-14H2,1H3/t17-/m1/s1. The third-order valence-corrected chi connectivity index (χ3v) is 4.56. The summed E-state index contributed by atoms with van der Waals surface area (Å²) in [5, 5.41) is 0. The summed E-state index contributed by atoms with van der Waals surface area (Å²) in [6.07, 6.45) is 0.914. The molecule has 0 radical (unpaired) electrons. The molecule has 1 atom stereocenters. The number of Topliss-reactive ketones (excluding diaryl/α,β-unsaturated/α-hetero) is 1. The Bertz CT molecular complexity index is 816. The second-order valence-corrected chi connectivity index (χ2v) is 6.28. The Morgan fingerprint density at radius 1 is 1.08 bits per heavy atom. The number of carbonyl (C=O) groups excluding carboxylic acids is 3. The highest BCUT2D eigenvalue weighted by molar-refractivity contribution is 6.01. The first-order valence-corrected chi connectivity index (χ1v) is 8.73. The van der Waals surface area contributed by atoms with Gasteiger partial charge in [0, 0.05) is 24.2 Å². The van der Waals surface area contributed by atoms with Crippen LogP contribution in [-0.4, -0.2) is 30.8 Å². The smallest absolute Gasteiger partial charge is 0.311 e. The summed E-state index contributed by atoms with van der Waals surface area (Å²) in [4.78, 5) is 38.4. The third kappa shape index (κ3) is 3.82.